The molecule has 0 radical (unpaired) electrons. The summed E-state index contributed by atoms with van der Waals surface area (Å²) in [6.07, 6.45) is -4.28. The minimum absolute atomic E-state index is 0.108. The molecule has 1 atom stereocenters. The molecule has 2 aromatic rings. The fourth-order valence-corrected chi connectivity index (χ4v) is 2.67. The first-order chi connectivity index (χ1) is 12.3. The molecular formula is C20H23F3N2O. The number of rotatable bonds is 7. The van der Waals surface area contributed by atoms with Crippen LogP contribution in [-0.4, -0.2) is 12.5 Å². The van der Waals surface area contributed by atoms with Gasteiger partial charge in [0.1, 0.15) is 0 Å². The summed E-state index contributed by atoms with van der Waals surface area (Å²) in [5.74, 6) is -0.544. The molecule has 0 aromatic heterocycles. The number of para-hydroxylation sites is 1. The lowest BCUT2D eigenvalue weighted by molar-refractivity contribution is -0.137. The summed E-state index contributed by atoms with van der Waals surface area (Å²) in [5, 5.41) is 6.07. The topological polar surface area (TPSA) is 41.1 Å². The van der Waals surface area contributed by atoms with Crippen LogP contribution in [0.3, 0.4) is 0 Å². The van der Waals surface area contributed by atoms with E-state index in [1.807, 2.05) is 31.2 Å². The van der Waals surface area contributed by atoms with Gasteiger partial charge < -0.3 is 10.6 Å². The Morgan fingerprint density at radius 2 is 1.85 bits per heavy atom. The minimum atomic E-state index is -4.39. The number of hydrogen-bond acceptors (Lipinski definition) is 2. The van der Waals surface area contributed by atoms with Crippen LogP contribution < -0.4 is 10.6 Å². The zero-order valence-corrected chi connectivity index (χ0v) is 14.9. The molecule has 1 amide bonds. The van der Waals surface area contributed by atoms with E-state index >= 15 is 0 Å². The van der Waals surface area contributed by atoms with Gasteiger partial charge in [-0.05, 0) is 35.7 Å². The van der Waals surface area contributed by atoms with Gasteiger partial charge in [-0.3, -0.25) is 4.79 Å². The molecule has 0 aliphatic carbocycles. The molecule has 6 heteroatoms. The molecule has 0 fully saturated rings. The molecule has 0 spiro atoms. The van der Waals surface area contributed by atoms with Crippen LogP contribution in [0.4, 0.5) is 18.9 Å². The maximum Gasteiger partial charge on any atom is 0.416 e. The van der Waals surface area contributed by atoms with E-state index in [-0.39, 0.29) is 18.2 Å². The highest BCUT2D eigenvalue weighted by molar-refractivity contribution is 5.92. The molecule has 2 aromatic carbocycles. The molecule has 0 bridgehead atoms. The number of nitrogens with one attached hydrogen (secondary N) is 2. The van der Waals surface area contributed by atoms with E-state index in [2.05, 4.69) is 10.6 Å². The van der Waals surface area contributed by atoms with E-state index in [1.54, 1.807) is 13.0 Å². The second kappa shape index (κ2) is 8.85. The molecule has 2 rings (SSSR count). The molecule has 0 heterocycles. The number of carbonyl (C=O) groups excluding carboxylic acids is 1. The van der Waals surface area contributed by atoms with Gasteiger partial charge in [-0.1, -0.05) is 50.2 Å². The van der Waals surface area contributed by atoms with Crippen LogP contribution in [0.2, 0.25) is 0 Å². The van der Waals surface area contributed by atoms with Crippen LogP contribution in [-0.2, 0) is 17.5 Å². The average molecular weight is 364 g/mol. The summed E-state index contributed by atoms with van der Waals surface area (Å²) in [4.78, 5) is 12.4. The van der Waals surface area contributed by atoms with Gasteiger partial charge in [0.15, 0.2) is 0 Å². The van der Waals surface area contributed by atoms with Gasteiger partial charge in [0.25, 0.3) is 0 Å². The van der Waals surface area contributed by atoms with Crippen molar-refractivity contribution >= 4 is 11.6 Å². The predicted molar refractivity (Wildman–Crippen MR) is 96.9 cm³/mol. The van der Waals surface area contributed by atoms with Crippen molar-refractivity contribution in [3.8, 4) is 0 Å². The molecule has 1 unspecified atom stereocenters. The molecule has 3 nitrogen and oxygen atoms in total. The molecule has 140 valence electrons. The largest absolute Gasteiger partial charge is 0.416 e. The summed E-state index contributed by atoms with van der Waals surface area (Å²) in [6.45, 7) is 5.20. The Hall–Kier alpha value is -2.34. The number of anilines is 1. The van der Waals surface area contributed by atoms with Crippen LogP contribution in [0, 0.1) is 0 Å². The smallest absolute Gasteiger partial charge is 0.326 e. The van der Waals surface area contributed by atoms with Crippen molar-refractivity contribution in [3.05, 3.63) is 65.2 Å². The highest BCUT2D eigenvalue weighted by Crippen LogP contribution is 2.31. The van der Waals surface area contributed by atoms with Gasteiger partial charge in [-0.15, -0.1) is 0 Å². The van der Waals surface area contributed by atoms with Gasteiger partial charge in [-0.2, -0.15) is 13.2 Å². The fourth-order valence-electron chi connectivity index (χ4n) is 2.67. The lowest BCUT2D eigenvalue weighted by atomic mass is 9.95. The summed E-state index contributed by atoms with van der Waals surface area (Å²) >= 11 is 0. The molecule has 2 N–H and O–H groups in total. The summed E-state index contributed by atoms with van der Waals surface area (Å²) < 4.78 is 38.5. The van der Waals surface area contributed by atoms with E-state index in [0.29, 0.717) is 12.1 Å². The van der Waals surface area contributed by atoms with Crippen molar-refractivity contribution in [2.45, 2.75) is 38.9 Å². The first-order valence-corrected chi connectivity index (χ1v) is 8.57. The first-order valence-electron chi connectivity index (χ1n) is 8.57. The van der Waals surface area contributed by atoms with Gasteiger partial charge in [0.2, 0.25) is 5.91 Å². The lowest BCUT2D eigenvalue weighted by Crippen LogP contribution is -2.18. The number of benzene rings is 2. The maximum atomic E-state index is 12.8. The Labute approximate surface area is 151 Å². The SMILES string of the molecule is CCNCc1ccccc1NC(=O)CC(C)c1cccc(C(F)(F)F)c1. The maximum absolute atomic E-state index is 12.8. The molecular weight excluding hydrogens is 341 g/mol. The van der Waals surface area contributed by atoms with Crippen LogP contribution in [0.15, 0.2) is 48.5 Å². The summed E-state index contributed by atoms with van der Waals surface area (Å²) in [7, 11) is 0. The Bertz CT molecular complexity index is 744. The number of halogens is 3. The quantitative estimate of drug-likeness (QED) is 0.730. The van der Waals surface area contributed by atoms with Gasteiger partial charge in [-0.25, -0.2) is 0 Å². The first kappa shape index (κ1) is 20.0. The van der Waals surface area contributed by atoms with Gasteiger partial charge >= 0.3 is 6.18 Å². The van der Waals surface area contributed by atoms with Crippen molar-refractivity contribution in [2.75, 3.05) is 11.9 Å². The minimum Gasteiger partial charge on any atom is -0.326 e. The van der Waals surface area contributed by atoms with Crippen LogP contribution >= 0.6 is 0 Å². The zero-order valence-electron chi connectivity index (χ0n) is 14.9. The Morgan fingerprint density at radius 3 is 2.54 bits per heavy atom. The number of hydrogen-bond donors (Lipinski definition) is 2. The van der Waals surface area contributed by atoms with Crippen molar-refractivity contribution in [1.82, 2.24) is 5.32 Å². The van der Waals surface area contributed by atoms with Gasteiger partial charge in [0.05, 0.1) is 5.56 Å². The normalized spacial score (nSPS) is 12.7. The van der Waals surface area contributed by atoms with Crippen molar-refractivity contribution in [1.29, 1.82) is 0 Å². The third-order valence-corrected chi connectivity index (χ3v) is 4.13. The van der Waals surface area contributed by atoms with Crippen LogP contribution in [0.5, 0.6) is 0 Å². The second-order valence-corrected chi connectivity index (χ2v) is 6.21. The zero-order chi connectivity index (χ0) is 19.2. The molecule has 0 saturated carbocycles. The van der Waals surface area contributed by atoms with E-state index in [4.69, 9.17) is 0 Å². The van der Waals surface area contributed by atoms with Gasteiger partial charge in [0, 0.05) is 18.7 Å². The lowest BCUT2D eigenvalue weighted by Gasteiger charge is -2.16. The number of alkyl halides is 3. The van der Waals surface area contributed by atoms with Crippen molar-refractivity contribution in [2.24, 2.45) is 0 Å². The van der Waals surface area contributed by atoms with Crippen molar-refractivity contribution in [3.63, 3.8) is 0 Å². The Morgan fingerprint density at radius 1 is 1.12 bits per heavy atom. The van der Waals surface area contributed by atoms with E-state index in [0.717, 1.165) is 29.9 Å². The highest BCUT2D eigenvalue weighted by Gasteiger charge is 2.30. The van der Waals surface area contributed by atoms with E-state index in [1.165, 1.54) is 6.07 Å². The van der Waals surface area contributed by atoms with E-state index in [9.17, 15) is 18.0 Å². The summed E-state index contributed by atoms with van der Waals surface area (Å²) in [5.41, 5.74) is 1.48. The molecule has 0 aliphatic heterocycles. The third-order valence-electron chi connectivity index (χ3n) is 4.13. The fraction of sp³-hybridized carbons (Fsp3) is 0.350. The average Bonchev–Trinajstić information content (AvgIpc) is 2.60. The number of amides is 1. The predicted octanol–water partition coefficient (Wildman–Crippen LogP) is 4.95. The molecule has 0 saturated heterocycles. The second-order valence-electron chi connectivity index (χ2n) is 6.21. The Balaban J connectivity index is 2.04. The molecule has 26 heavy (non-hydrogen) atoms. The Kier molecular flexibility index (Phi) is 6.80. The molecule has 0 aliphatic rings. The van der Waals surface area contributed by atoms with E-state index < -0.39 is 11.7 Å². The number of carbonyl (C=O) groups is 1. The highest BCUT2D eigenvalue weighted by atomic mass is 19.4. The van der Waals surface area contributed by atoms with Crippen LogP contribution in [0.25, 0.3) is 0 Å². The standard InChI is InChI=1S/C20H23F3N2O/c1-3-24-13-16-7-4-5-10-18(16)25-19(26)11-14(2)15-8-6-9-17(12-15)20(21,22)23/h4-10,12,14,24H,3,11,13H2,1-2H3,(H,25,26). The monoisotopic (exact) mass is 364 g/mol. The summed E-state index contributed by atoms with van der Waals surface area (Å²) in [6, 6.07) is 12.6. The van der Waals surface area contributed by atoms with Crippen molar-refractivity contribution < 1.29 is 18.0 Å². The third kappa shape index (κ3) is 5.59. The van der Waals surface area contributed by atoms with Crippen LogP contribution in [0.1, 0.15) is 42.9 Å².